The Morgan fingerprint density at radius 2 is 2.10 bits per heavy atom. The maximum Gasteiger partial charge on any atom is 0.309 e. The number of aliphatic carboxylic acids is 1. The predicted octanol–water partition coefficient (Wildman–Crippen LogP) is 4.38. The average Bonchev–Trinajstić information content (AvgIpc) is 2.46. The third-order valence-corrected chi connectivity index (χ3v) is 4.96. The molecule has 2 rings (SSSR count). The van der Waals surface area contributed by atoms with Gasteiger partial charge in [-0.05, 0) is 56.1 Å². The Morgan fingerprint density at radius 3 is 2.67 bits per heavy atom. The van der Waals surface area contributed by atoms with E-state index in [0.29, 0.717) is 6.42 Å². The maximum atomic E-state index is 11.9. The van der Waals surface area contributed by atoms with Gasteiger partial charge in [-0.3, -0.25) is 9.78 Å². The number of carboxylic acid groups (broad SMARTS) is 1. The molecule has 1 saturated carbocycles. The molecule has 0 atom stereocenters. The molecule has 0 aliphatic heterocycles. The fourth-order valence-corrected chi connectivity index (χ4v) is 3.58. The second kappa shape index (κ2) is 7.06. The van der Waals surface area contributed by atoms with E-state index in [4.69, 9.17) is 0 Å². The maximum absolute atomic E-state index is 11.9. The van der Waals surface area contributed by atoms with Crippen LogP contribution in [0.2, 0.25) is 0 Å². The molecule has 1 aromatic heterocycles. The number of aromatic nitrogens is 1. The van der Waals surface area contributed by atoms with E-state index in [2.05, 4.69) is 18.0 Å². The monoisotopic (exact) mass is 289 g/mol. The Bertz CT molecular complexity index is 476. The number of hydrogen-bond donors (Lipinski definition) is 1. The highest BCUT2D eigenvalue weighted by atomic mass is 16.4. The van der Waals surface area contributed by atoms with Crippen molar-refractivity contribution in [1.29, 1.82) is 0 Å². The highest BCUT2D eigenvalue weighted by molar-refractivity contribution is 5.75. The van der Waals surface area contributed by atoms with Crippen molar-refractivity contribution >= 4 is 5.97 Å². The van der Waals surface area contributed by atoms with Gasteiger partial charge in [-0.2, -0.15) is 0 Å². The summed E-state index contributed by atoms with van der Waals surface area (Å²) in [5.74, 6) is 0.103. The van der Waals surface area contributed by atoms with Crippen LogP contribution < -0.4 is 0 Å². The lowest BCUT2D eigenvalue weighted by atomic mass is 9.67. The number of rotatable bonds is 6. The lowest BCUT2D eigenvalue weighted by Gasteiger charge is -2.37. The molecule has 3 nitrogen and oxygen atoms in total. The van der Waals surface area contributed by atoms with E-state index in [-0.39, 0.29) is 0 Å². The lowest BCUT2D eigenvalue weighted by Crippen LogP contribution is -2.37. The molecule has 1 aliphatic carbocycles. The third-order valence-electron chi connectivity index (χ3n) is 4.96. The quantitative estimate of drug-likeness (QED) is 0.845. The Morgan fingerprint density at radius 1 is 1.38 bits per heavy atom. The van der Waals surface area contributed by atoms with E-state index in [1.165, 1.54) is 19.3 Å². The number of pyridine rings is 1. The molecule has 1 fully saturated rings. The van der Waals surface area contributed by atoms with Crippen molar-refractivity contribution in [2.45, 2.75) is 65.2 Å². The van der Waals surface area contributed by atoms with Gasteiger partial charge in [0.1, 0.15) is 0 Å². The van der Waals surface area contributed by atoms with E-state index >= 15 is 0 Å². The van der Waals surface area contributed by atoms with Crippen molar-refractivity contribution in [2.75, 3.05) is 0 Å². The standard InChI is InChI=1S/C18H27NO2/c1-3-4-5-15-6-8-18(9-7-15,17(20)21)11-16-10-14(2)12-19-13-16/h10,12-13,15H,3-9,11H2,1-2H3,(H,20,21). The van der Waals surface area contributed by atoms with Gasteiger partial charge in [0.05, 0.1) is 5.41 Å². The van der Waals surface area contributed by atoms with Crippen molar-refractivity contribution in [3.8, 4) is 0 Å². The molecule has 0 aromatic carbocycles. The number of carbonyl (C=O) groups is 1. The van der Waals surface area contributed by atoms with E-state index in [1.807, 2.05) is 19.3 Å². The van der Waals surface area contributed by atoms with Crippen LogP contribution in [0, 0.1) is 18.3 Å². The molecule has 1 N–H and O–H groups in total. The smallest absolute Gasteiger partial charge is 0.309 e. The lowest BCUT2D eigenvalue weighted by molar-refractivity contribution is -0.151. The Kier molecular flexibility index (Phi) is 5.38. The molecule has 116 valence electrons. The number of unbranched alkanes of at least 4 members (excludes halogenated alkanes) is 1. The van der Waals surface area contributed by atoms with Crippen LogP contribution >= 0.6 is 0 Å². The first-order valence-corrected chi connectivity index (χ1v) is 8.19. The average molecular weight is 289 g/mol. The number of nitrogens with zero attached hydrogens (tertiary/aromatic N) is 1. The molecule has 3 heteroatoms. The zero-order chi connectivity index (χ0) is 15.3. The van der Waals surface area contributed by atoms with Gasteiger partial charge in [-0.1, -0.05) is 32.3 Å². The highest BCUT2D eigenvalue weighted by Gasteiger charge is 2.41. The molecule has 0 saturated heterocycles. The molecular weight excluding hydrogens is 262 g/mol. The van der Waals surface area contributed by atoms with Crippen molar-refractivity contribution in [2.24, 2.45) is 11.3 Å². The van der Waals surface area contributed by atoms with Crippen LogP contribution in [0.3, 0.4) is 0 Å². The fraction of sp³-hybridized carbons (Fsp3) is 0.667. The van der Waals surface area contributed by atoms with Gasteiger partial charge in [0.15, 0.2) is 0 Å². The normalized spacial score (nSPS) is 25.7. The Hall–Kier alpha value is -1.38. The van der Waals surface area contributed by atoms with Crippen LogP contribution in [0.25, 0.3) is 0 Å². The third kappa shape index (κ3) is 4.05. The number of carboxylic acids is 1. The summed E-state index contributed by atoms with van der Waals surface area (Å²) in [4.78, 5) is 16.1. The fourth-order valence-electron chi connectivity index (χ4n) is 3.58. The summed E-state index contributed by atoms with van der Waals surface area (Å²) in [6, 6.07) is 2.07. The number of hydrogen-bond acceptors (Lipinski definition) is 2. The van der Waals surface area contributed by atoms with E-state index in [0.717, 1.165) is 42.7 Å². The summed E-state index contributed by atoms with van der Waals surface area (Å²) < 4.78 is 0. The van der Waals surface area contributed by atoms with E-state index < -0.39 is 11.4 Å². The van der Waals surface area contributed by atoms with Crippen molar-refractivity contribution < 1.29 is 9.90 Å². The van der Waals surface area contributed by atoms with Crippen molar-refractivity contribution in [1.82, 2.24) is 4.98 Å². The van der Waals surface area contributed by atoms with Gasteiger partial charge in [-0.15, -0.1) is 0 Å². The van der Waals surface area contributed by atoms with Gasteiger partial charge in [-0.25, -0.2) is 0 Å². The summed E-state index contributed by atoms with van der Waals surface area (Å²) in [5.41, 5.74) is 1.59. The second-order valence-corrected chi connectivity index (χ2v) is 6.72. The molecule has 0 radical (unpaired) electrons. The van der Waals surface area contributed by atoms with Gasteiger partial charge in [0, 0.05) is 12.4 Å². The van der Waals surface area contributed by atoms with Gasteiger partial charge >= 0.3 is 5.97 Å². The SMILES string of the molecule is CCCCC1CCC(Cc2cncc(C)c2)(C(=O)O)CC1. The molecule has 1 aliphatic rings. The van der Waals surface area contributed by atoms with Crippen LogP contribution in [0.5, 0.6) is 0 Å². The summed E-state index contributed by atoms with van der Waals surface area (Å²) in [7, 11) is 0. The predicted molar refractivity (Wildman–Crippen MR) is 84.2 cm³/mol. The largest absolute Gasteiger partial charge is 0.481 e. The molecule has 1 aromatic rings. The second-order valence-electron chi connectivity index (χ2n) is 6.72. The molecule has 0 amide bonds. The van der Waals surface area contributed by atoms with Crippen LogP contribution in [0.15, 0.2) is 18.5 Å². The van der Waals surface area contributed by atoms with E-state index in [1.54, 1.807) is 0 Å². The van der Waals surface area contributed by atoms with Crippen molar-refractivity contribution in [3.05, 3.63) is 29.6 Å². The first-order valence-electron chi connectivity index (χ1n) is 8.19. The van der Waals surface area contributed by atoms with Crippen LogP contribution in [0.4, 0.5) is 0 Å². The van der Waals surface area contributed by atoms with E-state index in [9.17, 15) is 9.90 Å². The van der Waals surface area contributed by atoms with Crippen LogP contribution in [0.1, 0.15) is 63.0 Å². The van der Waals surface area contributed by atoms with Gasteiger partial charge < -0.3 is 5.11 Å². The number of aryl methyl sites for hydroxylation is 1. The minimum absolute atomic E-state index is 0.571. The van der Waals surface area contributed by atoms with Gasteiger partial charge in [0.2, 0.25) is 0 Å². The summed E-state index contributed by atoms with van der Waals surface area (Å²) in [6.45, 7) is 4.22. The van der Waals surface area contributed by atoms with Gasteiger partial charge in [0.25, 0.3) is 0 Å². The van der Waals surface area contributed by atoms with Crippen LogP contribution in [-0.2, 0) is 11.2 Å². The first-order chi connectivity index (χ1) is 10.1. The van der Waals surface area contributed by atoms with Crippen molar-refractivity contribution in [3.63, 3.8) is 0 Å². The Labute approximate surface area is 127 Å². The first kappa shape index (κ1) is 16.0. The van der Waals surface area contributed by atoms with Crippen LogP contribution in [-0.4, -0.2) is 16.1 Å². The summed E-state index contributed by atoms with van der Waals surface area (Å²) in [6.07, 6.45) is 11.8. The Balaban J connectivity index is 2.04. The molecular formula is C18H27NO2. The molecule has 21 heavy (non-hydrogen) atoms. The minimum Gasteiger partial charge on any atom is -0.481 e. The molecule has 0 spiro atoms. The molecule has 1 heterocycles. The zero-order valence-corrected chi connectivity index (χ0v) is 13.3. The highest BCUT2D eigenvalue weighted by Crippen LogP contribution is 2.43. The molecule has 0 bridgehead atoms. The topological polar surface area (TPSA) is 50.2 Å². The zero-order valence-electron chi connectivity index (χ0n) is 13.3. The minimum atomic E-state index is -0.627. The summed E-state index contributed by atoms with van der Waals surface area (Å²) in [5, 5.41) is 9.76. The molecule has 0 unspecified atom stereocenters. The summed E-state index contributed by atoms with van der Waals surface area (Å²) >= 11 is 0.